The number of rotatable bonds is 8. The predicted molar refractivity (Wildman–Crippen MR) is 109 cm³/mol. The molecule has 0 fully saturated rings. The van der Waals surface area contributed by atoms with Gasteiger partial charge in [-0.1, -0.05) is 45.0 Å². The molecule has 1 N–H and O–H groups in total. The van der Waals surface area contributed by atoms with Crippen LogP contribution in [0.15, 0.2) is 48.5 Å². The smallest absolute Gasteiger partial charge is 0.257 e. The second kappa shape index (κ2) is 8.57. The Kier molecular flexibility index (Phi) is 6.17. The largest absolute Gasteiger partial charge is 0.491 e. The van der Waals surface area contributed by atoms with Gasteiger partial charge in [0.25, 0.3) is 5.82 Å². The molecule has 4 nitrogen and oxygen atoms in total. The van der Waals surface area contributed by atoms with Gasteiger partial charge in [0.15, 0.2) is 11.0 Å². The Morgan fingerprint density at radius 3 is 2.44 bits per heavy atom. The Balaban J connectivity index is 1.72. The minimum absolute atomic E-state index is 0.281. The van der Waals surface area contributed by atoms with Gasteiger partial charge in [-0.3, -0.25) is 0 Å². The van der Waals surface area contributed by atoms with E-state index in [2.05, 4.69) is 67.3 Å². The molecule has 0 saturated carbocycles. The van der Waals surface area contributed by atoms with Gasteiger partial charge in [0.2, 0.25) is 0 Å². The molecule has 0 bridgehead atoms. The maximum absolute atomic E-state index is 10.6. The topological polar surface area (TPSA) is 38.3 Å². The second-order valence-electron chi connectivity index (χ2n) is 7.51. The number of para-hydroxylation sites is 2. The number of aliphatic hydroxyl groups is 1. The van der Waals surface area contributed by atoms with Gasteiger partial charge in [-0.05, 0) is 42.2 Å². The summed E-state index contributed by atoms with van der Waals surface area (Å²) < 4.78 is 10.3. The molecule has 0 aliphatic rings. The van der Waals surface area contributed by atoms with Crippen LogP contribution in [0.4, 0.5) is 0 Å². The molecule has 2 aromatic carbocycles. The summed E-state index contributed by atoms with van der Waals surface area (Å²) in [5.74, 6) is 2.54. The van der Waals surface area contributed by atoms with Gasteiger partial charge < -0.3 is 9.84 Å². The summed E-state index contributed by atoms with van der Waals surface area (Å²) in [5, 5.41) is 10.6. The minimum atomic E-state index is -0.568. The fourth-order valence-electron chi connectivity index (χ4n) is 3.57. The van der Waals surface area contributed by atoms with Crippen molar-refractivity contribution < 1.29 is 14.4 Å². The van der Waals surface area contributed by atoms with Gasteiger partial charge in [0.1, 0.15) is 25.0 Å². The maximum Gasteiger partial charge on any atom is 0.257 e. The van der Waals surface area contributed by atoms with E-state index in [9.17, 15) is 5.11 Å². The number of ether oxygens (including phenoxy) is 1. The van der Waals surface area contributed by atoms with Crippen molar-refractivity contribution in [1.82, 2.24) is 4.57 Å². The number of hydrogen-bond donors (Lipinski definition) is 1. The van der Waals surface area contributed by atoms with Crippen molar-refractivity contribution in [2.24, 2.45) is 7.05 Å². The van der Waals surface area contributed by atoms with Gasteiger partial charge in [-0.2, -0.15) is 0 Å². The number of imidazole rings is 1. The molecule has 0 unspecified atom stereocenters. The van der Waals surface area contributed by atoms with E-state index in [1.54, 1.807) is 0 Å². The predicted octanol–water partition coefficient (Wildman–Crippen LogP) is 3.98. The molecule has 3 aromatic rings. The Morgan fingerprint density at radius 1 is 1.07 bits per heavy atom. The summed E-state index contributed by atoms with van der Waals surface area (Å²) in [6.45, 7) is 7.34. The number of fused-ring (bicyclic) bond motifs is 1. The van der Waals surface area contributed by atoms with Crippen molar-refractivity contribution in [2.75, 3.05) is 6.61 Å². The summed E-state index contributed by atoms with van der Waals surface area (Å²) in [6.07, 6.45) is 1.48. The van der Waals surface area contributed by atoms with Crippen LogP contribution < -0.4 is 9.30 Å². The molecule has 1 aromatic heterocycles. The zero-order valence-electron chi connectivity index (χ0n) is 16.9. The fourth-order valence-corrected chi connectivity index (χ4v) is 3.57. The third-order valence-electron chi connectivity index (χ3n) is 5.09. The molecule has 0 radical (unpaired) electrons. The SMILES string of the molecule is CCCc1n(C[C@@H](O)COc2ccc(C(C)C)cc2)c2ccccc2[n+]1C. The summed E-state index contributed by atoms with van der Waals surface area (Å²) >= 11 is 0. The highest BCUT2D eigenvalue weighted by Gasteiger charge is 2.23. The highest BCUT2D eigenvalue weighted by molar-refractivity contribution is 5.72. The van der Waals surface area contributed by atoms with Crippen molar-refractivity contribution in [1.29, 1.82) is 0 Å². The van der Waals surface area contributed by atoms with Gasteiger partial charge >= 0.3 is 0 Å². The highest BCUT2D eigenvalue weighted by Crippen LogP contribution is 2.19. The lowest BCUT2D eigenvalue weighted by atomic mass is 10.0. The lowest BCUT2D eigenvalue weighted by Gasteiger charge is -2.13. The number of hydrogen-bond acceptors (Lipinski definition) is 2. The van der Waals surface area contributed by atoms with Crippen LogP contribution in [0.5, 0.6) is 5.75 Å². The summed E-state index contributed by atoms with van der Waals surface area (Å²) in [5.41, 5.74) is 3.64. The van der Waals surface area contributed by atoms with Crippen LogP contribution in [-0.2, 0) is 20.0 Å². The molecule has 144 valence electrons. The summed E-state index contributed by atoms with van der Waals surface area (Å²) in [6, 6.07) is 16.5. The highest BCUT2D eigenvalue weighted by atomic mass is 16.5. The average molecular weight is 368 g/mol. The Morgan fingerprint density at radius 2 is 1.78 bits per heavy atom. The summed E-state index contributed by atoms with van der Waals surface area (Å²) in [7, 11) is 2.10. The number of benzene rings is 2. The molecule has 0 amide bonds. The lowest BCUT2D eigenvalue weighted by molar-refractivity contribution is -0.654. The average Bonchev–Trinajstić information content (AvgIpc) is 2.93. The Hall–Kier alpha value is -2.33. The fraction of sp³-hybridized carbons (Fsp3) is 0.435. The molecule has 0 spiro atoms. The summed E-state index contributed by atoms with van der Waals surface area (Å²) in [4.78, 5) is 0. The first-order valence-corrected chi connectivity index (χ1v) is 9.88. The van der Waals surface area contributed by atoms with Gasteiger partial charge in [-0.15, -0.1) is 0 Å². The first kappa shape index (κ1) is 19.4. The van der Waals surface area contributed by atoms with Crippen LogP contribution >= 0.6 is 0 Å². The third-order valence-corrected chi connectivity index (χ3v) is 5.09. The van der Waals surface area contributed by atoms with Crippen molar-refractivity contribution >= 4 is 11.0 Å². The molecule has 1 heterocycles. The first-order valence-electron chi connectivity index (χ1n) is 9.88. The number of aromatic nitrogens is 2. The van der Waals surface area contributed by atoms with Crippen molar-refractivity contribution in [2.45, 2.75) is 52.2 Å². The third kappa shape index (κ3) is 4.33. The first-order chi connectivity index (χ1) is 13.0. The van der Waals surface area contributed by atoms with E-state index in [1.807, 2.05) is 18.2 Å². The Bertz CT molecular complexity index is 881. The molecule has 0 aliphatic heterocycles. The molecular weight excluding hydrogens is 336 g/mol. The number of aryl methyl sites for hydroxylation is 1. The zero-order chi connectivity index (χ0) is 19.4. The van der Waals surface area contributed by atoms with Gasteiger partial charge in [0.05, 0.1) is 7.05 Å². The van der Waals surface area contributed by atoms with Crippen LogP contribution in [0.25, 0.3) is 11.0 Å². The second-order valence-corrected chi connectivity index (χ2v) is 7.51. The van der Waals surface area contributed by atoms with Crippen molar-refractivity contribution in [3.8, 4) is 5.75 Å². The van der Waals surface area contributed by atoms with E-state index in [4.69, 9.17) is 4.74 Å². The van der Waals surface area contributed by atoms with E-state index in [-0.39, 0.29) is 6.61 Å². The number of aliphatic hydroxyl groups excluding tert-OH is 1. The zero-order valence-corrected chi connectivity index (χ0v) is 16.9. The normalized spacial score (nSPS) is 12.7. The molecule has 3 rings (SSSR count). The van der Waals surface area contributed by atoms with Gasteiger partial charge in [0, 0.05) is 6.42 Å². The van der Waals surface area contributed by atoms with E-state index < -0.39 is 6.10 Å². The number of nitrogens with zero attached hydrogens (tertiary/aromatic N) is 2. The quantitative estimate of drug-likeness (QED) is 0.612. The molecular formula is C23H31N2O2+. The van der Waals surface area contributed by atoms with Crippen molar-refractivity contribution in [3.63, 3.8) is 0 Å². The van der Waals surface area contributed by atoms with Crippen LogP contribution in [0.2, 0.25) is 0 Å². The van der Waals surface area contributed by atoms with Gasteiger partial charge in [-0.25, -0.2) is 9.13 Å². The van der Waals surface area contributed by atoms with Crippen molar-refractivity contribution in [3.05, 3.63) is 59.9 Å². The van der Waals surface area contributed by atoms with E-state index >= 15 is 0 Å². The standard InChI is InChI=1S/C23H31N2O2/c1-5-8-23-24(4)21-9-6-7-10-22(21)25(23)15-19(26)16-27-20-13-11-18(12-14-20)17(2)3/h6-7,9-14,17,19,26H,5,8,15-16H2,1-4H3/q+1/t19-/m1/s1. The Labute approximate surface area is 162 Å². The minimum Gasteiger partial charge on any atom is -0.491 e. The maximum atomic E-state index is 10.6. The molecule has 1 atom stereocenters. The van der Waals surface area contributed by atoms with E-state index in [1.165, 1.54) is 16.9 Å². The van der Waals surface area contributed by atoms with E-state index in [0.29, 0.717) is 12.5 Å². The molecule has 27 heavy (non-hydrogen) atoms. The van der Waals surface area contributed by atoms with E-state index in [0.717, 1.165) is 24.1 Å². The van der Waals surface area contributed by atoms with Crippen LogP contribution in [0.3, 0.4) is 0 Å². The van der Waals surface area contributed by atoms with Crippen LogP contribution in [0.1, 0.15) is 44.5 Å². The molecule has 0 saturated heterocycles. The van der Waals surface area contributed by atoms with Crippen LogP contribution in [-0.4, -0.2) is 22.4 Å². The molecule has 4 heteroatoms. The monoisotopic (exact) mass is 367 g/mol. The lowest BCUT2D eigenvalue weighted by Crippen LogP contribution is -2.34. The molecule has 0 aliphatic carbocycles. The van der Waals surface area contributed by atoms with Crippen LogP contribution in [0, 0.1) is 0 Å².